The minimum Gasteiger partial charge on any atom is -0.368 e. The van der Waals surface area contributed by atoms with Crippen molar-refractivity contribution in [2.75, 3.05) is 5.75 Å². The van der Waals surface area contributed by atoms with E-state index in [-0.39, 0.29) is 11.9 Å². The fraction of sp³-hybridized carbons (Fsp3) is 0.778. The molecule has 0 aromatic heterocycles. The Morgan fingerprint density at radius 1 is 1.86 bits per heavy atom. The van der Waals surface area contributed by atoms with Gasteiger partial charge in [-0.05, 0) is 19.8 Å². The van der Waals surface area contributed by atoms with Crippen molar-refractivity contribution in [3.63, 3.8) is 0 Å². The molecule has 14 heavy (non-hydrogen) atoms. The van der Waals surface area contributed by atoms with Crippen molar-refractivity contribution in [3.05, 3.63) is 0 Å². The number of carbonyl (C=O) groups excluding carboxylic acids is 1. The van der Waals surface area contributed by atoms with Gasteiger partial charge < -0.3 is 11.1 Å². The van der Waals surface area contributed by atoms with Crippen LogP contribution in [0.2, 0.25) is 0 Å². The van der Waals surface area contributed by atoms with Crippen molar-refractivity contribution in [2.45, 2.75) is 38.8 Å². The van der Waals surface area contributed by atoms with Crippen LogP contribution in [0.5, 0.6) is 0 Å². The number of aliphatic imine (C=N–C) groups is 1. The summed E-state index contributed by atoms with van der Waals surface area (Å²) < 4.78 is 0. The summed E-state index contributed by atoms with van der Waals surface area (Å²) in [7, 11) is 0. The molecule has 0 radical (unpaired) electrons. The number of nitrogens with one attached hydrogen (secondary N) is 1. The summed E-state index contributed by atoms with van der Waals surface area (Å²) in [5.41, 5.74) is 5.15. The molecule has 5 heteroatoms. The molecule has 3 N–H and O–H groups in total. The Balaban J connectivity index is 2.51. The van der Waals surface area contributed by atoms with Crippen molar-refractivity contribution >= 4 is 22.8 Å². The van der Waals surface area contributed by atoms with Gasteiger partial charge in [-0.3, -0.25) is 9.79 Å². The Hall–Kier alpha value is -0.710. The summed E-state index contributed by atoms with van der Waals surface area (Å²) in [6.07, 6.45) is 2.17. The third-order valence-electron chi connectivity index (χ3n) is 2.23. The topological polar surface area (TPSA) is 67.5 Å². The second-order valence-corrected chi connectivity index (χ2v) is 4.49. The zero-order chi connectivity index (χ0) is 10.6. The summed E-state index contributed by atoms with van der Waals surface area (Å²) in [5, 5.41) is 3.88. The fourth-order valence-electron chi connectivity index (χ4n) is 1.19. The van der Waals surface area contributed by atoms with Gasteiger partial charge in [0, 0.05) is 5.75 Å². The summed E-state index contributed by atoms with van der Waals surface area (Å²) >= 11 is 1.66. The minimum absolute atomic E-state index is 0.336. The van der Waals surface area contributed by atoms with Crippen molar-refractivity contribution < 1.29 is 4.79 Å². The summed E-state index contributed by atoms with van der Waals surface area (Å²) in [6.45, 7) is 3.88. The normalized spacial score (nSPS) is 23.9. The molecule has 1 amide bonds. The van der Waals surface area contributed by atoms with Crippen molar-refractivity contribution in [1.29, 1.82) is 0 Å². The number of rotatable bonds is 3. The molecule has 1 rings (SSSR count). The van der Waals surface area contributed by atoms with Crippen LogP contribution in [0.15, 0.2) is 4.99 Å². The predicted molar refractivity (Wildman–Crippen MR) is 60.4 cm³/mol. The number of amidine groups is 1. The Morgan fingerprint density at radius 3 is 3.14 bits per heavy atom. The zero-order valence-corrected chi connectivity index (χ0v) is 9.43. The van der Waals surface area contributed by atoms with Gasteiger partial charge in [0.1, 0.15) is 6.04 Å². The highest BCUT2D eigenvalue weighted by Crippen LogP contribution is 2.18. The molecule has 0 spiro atoms. The van der Waals surface area contributed by atoms with Gasteiger partial charge in [-0.15, -0.1) is 0 Å². The Kier molecular flexibility index (Phi) is 4.25. The number of primary amides is 1. The zero-order valence-electron chi connectivity index (χ0n) is 8.62. The molecule has 0 fully saturated rings. The van der Waals surface area contributed by atoms with E-state index >= 15 is 0 Å². The molecule has 0 saturated carbocycles. The number of amides is 1. The van der Waals surface area contributed by atoms with Crippen LogP contribution in [0.25, 0.3) is 0 Å². The number of hydrogen-bond acceptors (Lipinski definition) is 4. The van der Waals surface area contributed by atoms with Crippen LogP contribution in [-0.2, 0) is 4.79 Å². The van der Waals surface area contributed by atoms with E-state index in [1.165, 1.54) is 0 Å². The molecule has 0 aromatic rings. The van der Waals surface area contributed by atoms with Crippen molar-refractivity contribution in [1.82, 2.24) is 5.32 Å². The molecular weight excluding hydrogens is 198 g/mol. The molecule has 1 aliphatic heterocycles. The lowest BCUT2D eigenvalue weighted by Gasteiger charge is -2.21. The van der Waals surface area contributed by atoms with E-state index in [4.69, 9.17) is 5.73 Å². The highest BCUT2D eigenvalue weighted by molar-refractivity contribution is 8.13. The average Bonchev–Trinajstić information content (AvgIpc) is 2.18. The highest BCUT2D eigenvalue weighted by atomic mass is 32.2. The lowest BCUT2D eigenvalue weighted by Crippen LogP contribution is -2.42. The standard InChI is InChI=1S/C9H17N3OS/c1-3-7-4-5-14-9(12-7)11-6(2)8(10)13/h6-7H,3-5H2,1-2H3,(H2,10,13)(H,11,12). The molecule has 80 valence electrons. The number of thioether (sulfide) groups is 1. The molecule has 1 heterocycles. The number of nitrogens with two attached hydrogens (primary N) is 1. The van der Waals surface area contributed by atoms with E-state index in [1.54, 1.807) is 18.7 Å². The first-order chi connectivity index (χ1) is 6.63. The van der Waals surface area contributed by atoms with E-state index in [1.807, 2.05) is 0 Å². The van der Waals surface area contributed by atoms with Gasteiger partial charge in [0.15, 0.2) is 5.17 Å². The third-order valence-corrected chi connectivity index (χ3v) is 3.16. The first kappa shape index (κ1) is 11.4. The largest absolute Gasteiger partial charge is 0.368 e. The van der Waals surface area contributed by atoms with Gasteiger partial charge in [-0.2, -0.15) is 0 Å². The van der Waals surface area contributed by atoms with E-state index in [9.17, 15) is 4.79 Å². The maximum atomic E-state index is 10.8. The number of carbonyl (C=O) groups is 1. The van der Waals surface area contributed by atoms with E-state index in [0.29, 0.717) is 6.04 Å². The highest BCUT2D eigenvalue weighted by Gasteiger charge is 2.17. The first-order valence-electron chi connectivity index (χ1n) is 4.90. The van der Waals surface area contributed by atoms with Gasteiger partial charge in [-0.25, -0.2) is 0 Å². The lowest BCUT2D eigenvalue weighted by molar-refractivity contribution is -0.119. The van der Waals surface area contributed by atoms with Crippen LogP contribution in [0.1, 0.15) is 26.7 Å². The lowest BCUT2D eigenvalue weighted by atomic mass is 10.2. The maximum Gasteiger partial charge on any atom is 0.239 e. The van der Waals surface area contributed by atoms with Gasteiger partial charge in [0.2, 0.25) is 5.91 Å². The summed E-state index contributed by atoms with van der Waals surface area (Å²) in [6, 6.07) is 0.0654. The smallest absolute Gasteiger partial charge is 0.239 e. The number of nitrogens with zero attached hydrogens (tertiary/aromatic N) is 1. The second kappa shape index (κ2) is 5.24. The van der Waals surface area contributed by atoms with Gasteiger partial charge in [0.05, 0.1) is 6.04 Å². The Morgan fingerprint density at radius 2 is 2.57 bits per heavy atom. The molecular formula is C9H17N3OS. The maximum absolute atomic E-state index is 10.8. The number of hydrogen-bond donors (Lipinski definition) is 2. The molecule has 0 saturated heterocycles. The molecule has 2 atom stereocenters. The molecule has 1 aliphatic rings. The van der Waals surface area contributed by atoms with Crippen LogP contribution >= 0.6 is 11.8 Å². The monoisotopic (exact) mass is 215 g/mol. The van der Waals surface area contributed by atoms with Crippen LogP contribution in [0, 0.1) is 0 Å². The second-order valence-electron chi connectivity index (χ2n) is 3.40. The van der Waals surface area contributed by atoms with Gasteiger partial charge in [-0.1, -0.05) is 18.7 Å². The Labute approximate surface area is 88.7 Å². The molecule has 4 nitrogen and oxygen atoms in total. The summed E-state index contributed by atoms with van der Waals surface area (Å²) in [5.74, 6) is 0.724. The third kappa shape index (κ3) is 3.21. The molecule has 0 aliphatic carbocycles. The first-order valence-corrected chi connectivity index (χ1v) is 5.88. The minimum atomic E-state index is -0.341. The Bertz CT molecular complexity index is 242. The van der Waals surface area contributed by atoms with Gasteiger partial charge >= 0.3 is 0 Å². The SMILES string of the molecule is CCC1CCSC(NC(C)C(N)=O)=N1. The fourth-order valence-corrected chi connectivity index (χ4v) is 2.26. The summed E-state index contributed by atoms with van der Waals surface area (Å²) in [4.78, 5) is 15.3. The van der Waals surface area contributed by atoms with Crippen molar-refractivity contribution in [2.24, 2.45) is 10.7 Å². The van der Waals surface area contributed by atoms with E-state index in [0.717, 1.165) is 23.8 Å². The van der Waals surface area contributed by atoms with Gasteiger partial charge in [0.25, 0.3) is 0 Å². The van der Waals surface area contributed by atoms with Crippen molar-refractivity contribution in [3.8, 4) is 0 Å². The molecule has 2 unspecified atom stereocenters. The van der Waals surface area contributed by atoms with Crippen LogP contribution in [0.3, 0.4) is 0 Å². The van der Waals surface area contributed by atoms with Crippen LogP contribution in [-0.4, -0.2) is 28.9 Å². The molecule has 0 aromatic carbocycles. The quantitative estimate of drug-likeness (QED) is 0.729. The van der Waals surface area contributed by atoms with E-state index in [2.05, 4.69) is 17.2 Å². The van der Waals surface area contributed by atoms with Crippen LogP contribution < -0.4 is 11.1 Å². The molecule has 0 bridgehead atoms. The van der Waals surface area contributed by atoms with E-state index < -0.39 is 0 Å². The predicted octanol–water partition coefficient (Wildman–Crippen LogP) is 0.721. The van der Waals surface area contributed by atoms with Crippen LogP contribution in [0.4, 0.5) is 0 Å². The average molecular weight is 215 g/mol.